The highest BCUT2D eigenvalue weighted by atomic mass is 32.2. The molecule has 0 rings (SSSR count). The van der Waals surface area contributed by atoms with Crippen LogP contribution in [-0.4, -0.2) is 26.6 Å². The normalized spacial score (nSPS) is 13.4. The Kier molecular flexibility index (Phi) is 13.5. The molecule has 0 aliphatic rings. The summed E-state index contributed by atoms with van der Waals surface area (Å²) in [5.41, 5.74) is 0. The summed E-state index contributed by atoms with van der Waals surface area (Å²) in [5, 5.41) is 11.8. The number of rotatable bonds is 14. The van der Waals surface area contributed by atoms with E-state index in [1.54, 1.807) is 6.92 Å². The lowest BCUT2D eigenvalue weighted by Gasteiger charge is -2.22. The molecule has 0 radical (unpaired) electrons. The van der Waals surface area contributed by atoms with Crippen molar-refractivity contribution in [2.24, 2.45) is 0 Å². The second-order valence-corrected chi connectivity index (χ2v) is 7.98. The van der Waals surface area contributed by atoms with Crippen molar-refractivity contribution in [2.45, 2.75) is 82.8 Å². The first-order chi connectivity index (χ1) is 10.5. The lowest BCUT2D eigenvalue weighted by Crippen LogP contribution is -2.32. The van der Waals surface area contributed by atoms with Crippen LogP contribution in [0.5, 0.6) is 0 Å². The molecule has 0 aromatic rings. The van der Waals surface area contributed by atoms with E-state index >= 15 is 0 Å². The lowest BCUT2D eigenvalue weighted by atomic mass is 10.1. The van der Waals surface area contributed by atoms with Crippen molar-refractivity contribution in [2.75, 3.05) is 5.75 Å². The quantitative estimate of drug-likeness (QED) is 0.229. The Bertz CT molecular complexity index is 365. The molecule has 0 saturated carbocycles. The molecule has 128 valence electrons. The predicted molar refractivity (Wildman–Crippen MR) is 105 cm³/mol. The topological polar surface area (TPSA) is 37.3 Å². The summed E-state index contributed by atoms with van der Waals surface area (Å²) in [6, 6.07) is 0. The van der Waals surface area contributed by atoms with Gasteiger partial charge in [-0.3, -0.25) is 4.79 Å². The maximum absolute atomic E-state index is 11.4. The Morgan fingerprint density at radius 1 is 1.09 bits per heavy atom. The van der Waals surface area contributed by atoms with Crippen LogP contribution in [0.2, 0.25) is 0 Å². The smallest absolute Gasteiger partial charge is 0.325 e. The third-order valence-electron chi connectivity index (χ3n) is 3.85. The minimum absolute atomic E-state index is 0.326. The molecule has 0 aliphatic carbocycles. The van der Waals surface area contributed by atoms with Crippen LogP contribution in [0.1, 0.15) is 78.1 Å². The van der Waals surface area contributed by atoms with Gasteiger partial charge >= 0.3 is 5.97 Å². The minimum atomic E-state index is -1.05. The highest BCUT2D eigenvalue weighted by Crippen LogP contribution is 2.34. The van der Waals surface area contributed by atoms with Crippen LogP contribution in [0.4, 0.5) is 0 Å². The second kappa shape index (κ2) is 13.5. The number of aliphatic carboxylic acids is 1. The largest absolute Gasteiger partial charge is 0.480 e. The number of hydrogen-bond donors (Lipinski definition) is 2. The maximum atomic E-state index is 11.4. The fourth-order valence-electron chi connectivity index (χ4n) is 2.19. The Hall–Kier alpha value is 0.0400. The number of thiol groups is 1. The van der Waals surface area contributed by atoms with Gasteiger partial charge in [-0.15, -0.1) is 24.4 Å². The van der Waals surface area contributed by atoms with Crippen LogP contribution < -0.4 is 0 Å². The fourth-order valence-corrected chi connectivity index (χ4v) is 3.82. The zero-order valence-electron chi connectivity index (χ0n) is 13.9. The molecule has 1 N–H and O–H groups in total. The lowest BCUT2D eigenvalue weighted by molar-refractivity contribution is -0.138. The first-order valence-electron chi connectivity index (χ1n) is 8.31. The number of carboxylic acids is 1. The second-order valence-electron chi connectivity index (χ2n) is 5.82. The molecule has 0 amide bonds. The number of unbranched alkanes of at least 4 members (excludes halogenated alkanes) is 9. The fraction of sp³-hybridized carbons (Fsp3) is 0.824. The molecule has 0 bridgehead atoms. The Balaban J connectivity index is 3.67. The molecule has 0 aliphatic heterocycles. The van der Waals surface area contributed by atoms with Crippen LogP contribution in [0, 0.1) is 0 Å². The highest BCUT2D eigenvalue weighted by Gasteiger charge is 2.36. The van der Waals surface area contributed by atoms with Gasteiger partial charge in [0, 0.05) is 0 Å². The Morgan fingerprint density at radius 2 is 1.55 bits per heavy atom. The summed E-state index contributed by atoms with van der Waals surface area (Å²) >= 11 is 10.2. The molecule has 0 aromatic heterocycles. The van der Waals surface area contributed by atoms with Crippen molar-refractivity contribution >= 4 is 47.6 Å². The molecule has 0 aromatic carbocycles. The van der Waals surface area contributed by atoms with Gasteiger partial charge < -0.3 is 5.11 Å². The van der Waals surface area contributed by atoms with Crippen molar-refractivity contribution < 1.29 is 9.90 Å². The molecular weight excluding hydrogens is 332 g/mol. The highest BCUT2D eigenvalue weighted by molar-refractivity contribution is 8.03. The first kappa shape index (κ1) is 22.0. The van der Waals surface area contributed by atoms with Gasteiger partial charge in [0.2, 0.25) is 0 Å². The van der Waals surface area contributed by atoms with Crippen molar-refractivity contribution in [3.8, 4) is 0 Å². The van der Waals surface area contributed by atoms with Gasteiger partial charge in [-0.05, 0) is 36.3 Å². The third kappa shape index (κ3) is 9.24. The van der Waals surface area contributed by atoms with E-state index in [-0.39, 0.29) is 0 Å². The van der Waals surface area contributed by atoms with Crippen LogP contribution in [-0.2, 0) is 4.79 Å². The predicted octanol–water partition coefficient (Wildman–Crippen LogP) is 5.90. The Labute approximate surface area is 150 Å². The van der Waals surface area contributed by atoms with E-state index in [0.717, 1.165) is 12.2 Å². The van der Waals surface area contributed by atoms with Crippen LogP contribution in [0.3, 0.4) is 0 Å². The molecular formula is C17H30O2S3. The van der Waals surface area contributed by atoms with Crippen molar-refractivity contribution in [3.63, 3.8) is 0 Å². The monoisotopic (exact) mass is 362 g/mol. The van der Waals surface area contributed by atoms with E-state index in [9.17, 15) is 9.90 Å². The van der Waals surface area contributed by atoms with E-state index in [4.69, 9.17) is 0 Å². The first-order valence-corrected chi connectivity index (χ1v) is 10.1. The number of carbonyl (C=O) groups is 1. The SMILES string of the molecule is CCCCCCCCCCCCSC(C)(C(=O)O)C(S)=C=S. The molecule has 22 heavy (non-hydrogen) atoms. The van der Waals surface area contributed by atoms with Crippen LogP contribution in [0.25, 0.3) is 0 Å². The van der Waals surface area contributed by atoms with Gasteiger partial charge in [0.05, 0.1) is 4.91 Å². The molecule has 0 saturated heterocycles. The standard InChI is InChI=1S/C17H30O2S3/c1-3-4-5-6-7-8-9-10-11-12-13-22-17(2,16(18)19)15(21)14-20/h21H,3-13H2,1-2H3,(H,18,19). The van der Waals surface area contributed by atoms with Crippen molar-refractivity contribution in [3.05, 3.63) is 4.91 Å². The number of carboxylic acid groups (broad SMARTS) is 1. The number of hydrogen-bond acceptors (Lipinski definition) is 4. The van der Waals surface area contributed by atoms with E-state index in [2.05, 4.69) is 36.8 Å². The summed E-state index contributed by atoms with van der Waals surface area (Å²) in [6.45, 7) is 3.89. The number of thiocarbonyl (C=S) groups is 1. The minimum Gasteiger partial charge on any atom is -0.480 e. The summed E-state index contributed by atoms with van der Waals surface area (Å²) in [6.07, 6.45) is 12.9. The zero-order chi connectivity index (χ0) is 16.8. The zero-order valence-corrected chi connectivity index (χ0v) is 16.4. The average Bonchev–Trinajstić information content (AvgIpc) is 2.51. The van der Waals surface area contributed by atoms with Gasteiger partial charge in [0.25, 0.3) is 0 Å². The molecule has 0 spiro atoms. The number of thioether (sulfide) groups is 1. The van der Waals surface area contributed by atoms with Gasteiger partial charge in [0.15, 0.2) is 0 Å². The molecule has 1 atom stereocenters. The van der Waals surface area contributed by atoms with Crippen molar-refractivity contribution in [1.29, 1.82) is 0 Å². The average molecular weight is 363 g/mol. The summed E-state index contributed by atoms with van der Waals surface area (Å²) < 4.78 is -1.05. The molecule has 1 unspecified atom stereocenters. The molecule has 0 fully saturated rings. The molecule has 2 nitrogen and oxygen atoms in total. The van der Waals surface area contributed by atoms with E-state index in [1.165, 1.54) is 69.5 Å². The van der Waals surface area contributed by atoms with Crippen LogP contribution in [0.15, 0.2) is 4.91 Å². The van der Waals surface area contributed by atoms with Crippen molar-refractivity contribution in [1.82, 2.24) is 0 Å². The third-order valence-corrected chi connectivity index (χ3v) is 6.36. The van der Waals surface area contributed by atoms with Gasteiger partial charge in [0.1, 0.15) is 4.75 Å². The summed E-state index contributed by atoms with van der Waals surface area (Å²) in [4.78, 5) is 11.7. The molecule has 0 heterocycles. The maximum Gasteiger partial charge on any atom is 0.325 e. The molecule has 5 heteroatoms. The Morgan fingerprint density at radius 3 is 1.95 bits per heavy atom. The summed E-state index contributed by atoms with van der Waals surface area (Å²) in [7, 11) is 0. The van der Waals surface area contributed by atoms with Crippen LogP contribution >= 0.6 is 36.6 Å². The van der Waals surface area contributed by atoms with Gasteiger partial charge in [-0.25, -0.2) is 0 Å². The van der Waals surface area contributed by atoms with E-state index in [0.29, 0.717) is 4.91 Å². The summed E-state index contributed by atoms with van der Waals surface area (Å²) in [5.74, 6) is -0.0765. The van der Waals surface area contributed by atoms with E-state index in [1.807, 2.05) is 0 Å². The van der Waals surface area contributed by atoms with Gasteiger partial charge in [-0.2, -0.15) is 0 Å². The van der Waals surface area contributed by atoms with Gasteiger partial charge in [-0.1, -0.05) is 64.7 Å². The van der Waals surface area contributed by atoms with E-state index < -0.39 is 10.7 Å².